The lowest BCUT2D eigenvalue weighted by Gasteiger charge is -2.16. The molecule has 2 rings (SSSR count). The van der Waals surface area contributed by atoms with E-state index in [0.717, 1.165) is 18.0 Å². The Bertz CT molecular complexity index is 391. The minimum atomic E-state index is 0.153. The van der Waals surface area contributed by atoms with Crippen LogP contribution in [0.5, 0.6) is 5.75 Å². The summed E-state index contributed by atoms with van der Waals surface area (Å²) in [6, 6.07) is 7.61. The average Bonchev–Trinajstić information content (AvgIpc) is 2.72. The van der Waals surface area contributed by atoms with Gasteiger partial charge in [-0.25, -0.2) is 0 Å². The normalized spacial score (nSPS) is 19.8. The largest absolute Gasteiger partial charge is 0.494 e. The van der Waals surface area contributed by atoms with Gasteiger partial charge in [0, 0.05) is 24.5 Å². The summed E-state index contributed by atoms with van der Waals surface area (Å²) in [6.45, 7) is 3.32. The summed E-state index contributed by atoms with van der Waals surface area (Å²) in [5, 5.41) is 0. The Labute approximate surface area is 106 Å². The van der Waals surface area contributed by atoms with E-state index in [1.54, 1.807) is 4.90 Å². The number of amides is 1. The molecule has 1 atom stereocenters. The van der Waals surface area contributed by atoms with Gasteiger partial charge in [0.15, 0.2) is 0 Å². The zero-order valence-electron chi connectivity index (χ0n) is 9.86. The quantitative estimate of drug-likeness (QED) is 0.772. The summed E-state index contributed by atoms with van der Waals surface area (Å²) in [4.78, 5) is 13.6. The second-order valence-corrected chi connectivity index (χ2v) is 4.46. The molecule has 3 nitrogen and oxygen atoms in total. The predicted octanol–water partition coefficient (Wildman–Crippen LogP) is 2.68. The van der Waals surface area contributed by atoms with Crippen molar-refractivity contribution in [2.75, 3.05) is 23.9 Å². The van der Waals surface area contributed by atoms with Gasteiger partial charge in [0.1, 0.15) is 5.75 Å². The van der Waals surface area contributed by atoms with E-state index in [1.165, 1.54) is 0 Å². The van der Waals surface area contributed by atoms with Crippen molar-refractivity contribution in [3.05, 3.63) is 24.3 Å². The summed E-state index contributed by atoms with van der Waals surface area (Å²) in [5.74, 6) is 1.80. The lowest BCUT2D eigenvalue weighted by molar-refractivity contribution is -0.117. The molecular formula is C13H16ClNO2. The van der Waals surface area contributed by atoms with Gasteiger partial charge >= 0.3 is 0 Å². The van der Waals surface area contributed by atoms with Crippen LogP contribution in [0.2, 0.25) is 0 Å². The second-order valence-electron chi connectivity index (χ2n) is 4.16. The Morgan fingerprint density at radius 2 is 2.12 bits per heavy atom. The Hall–Kier alpha value is -1.22. The number of anilines is 1. The number of benzene rings is 1. The molecule has 1 aromatic rings. The Balaban J connectivity index is 2.09. The molecule has 1 heterocycles. The van der Waals surface area contributed by atoms with E-state index in [-0.39, 0.29) is 11.8 Å². The zero-order valence-corrected chi connectivity index (χ0v) is 10.6. The van der Waals surface area contributed by atoms with Gasteiger partial charge in [-0.1, -0.05) is 0 Å². The van der Waals surface area contributed by atoms with E-state index in [2.05, 4.69) is 0 Å². The van der Waals surface area contributed by atoms with Gasteiger partial charge in [-0.15, -0.1) is 11.6 Å². The fourth-order valence-corrected chi connectivity index (χ4v) is 2.23. The van der Waals surface area contributed by atoms with Crippen LogP contribution in [0.3, 0.4) is 0 Å². The smallest absolute Gasteiger partial charge is 0.227 e. The molecule has 92 valence electrons. The highest BCUT2D eigenvalue weighted by Gasteiger charge is 2.29. The standard InChI is InChI=1S/C13H16ClNO2/c1-2-17-12-5-3-11(4-6-12)15-9-10(8-14)7-13(15)16/h3-6,10H,2,7-9H2,1H3. The SMILES string of the molecule is CCOc1ccc(N2CC(CCl)CC2=O)cc1. The molecule has 1 aromatic carbocycles. The van der Waals surface area contributed by atoms with Crippen LogP contribution >= 0.6 is 11.6 Å². The molecule has 1 fully saturated rings. The monoisotopic (exact) mass is 253 g/mol. The lowest BCUT2D eigenvalue weighted by atomic mass is 10.1. The maximum absolute atomic E-state index is 11.8. The van der Waals surface area contributed by atoms with E-state index in [0.29, 0.717) is 18.9 Å². The zero-order chi connectivity index (χ0) is 12.3. The fourth-order valence-electron chi connectivity index (χ4n) is 2.02. The minimum Gasteiger partial charge on any atom is -0.494 e. The molecule has 0 aromatic heterocycles. The molecule has 1 aliphatic rings. The molecule has 0 saturated carbocycles. The highest BCUT2D eigenvalue weighted by Crippen LogP contribution is 2.27. The summed E-state index contributed by atoms with van der Waals surface area (Å²) in [7, 11) is 0. The molecule has 0 N–H and O–H groups in total. The van der Waals surface area contributed by atoms with E-state index in [9.17, 15) is 4.79 Å². The van der Waals surface area contributed by atoms with Gasteiger partial charge in [0.05, 0.1) is 6.61 Å². The average molecular weight is 254 g/mol. The summed E-state index contributed by atoms with van der Waals surface area (Å²) in [6.07, 6.45) is 0.552. The van der Waals surface area contributed by atoms with E-state index < -0.39 is 0 Å². The molecule has 1 saturated heterocycles. The van der Waals surface area contributed by atoms with Crippen LogP contribution in [0.15, 0.2) is 24.3 Å². The van der Waals surface area contributed by atoms with Gasteiger partial charge in [-0.2, -0.15) is 0 Å². The molecule has 0 radical (unpaired) electrons. The minimum absolute atomic E-state index is 0.153. The van der Waals surface area contributed by atoms with Crippen LogP contribution in [0.1, 0.15) is 13.3 Å². The Morgan fingerprint density at radius 3 is 2.65 bits per heavy atom. The molecular weight excluding hydrogens is 238 g/mol. The molecule has 1 amide bonds. The second kappa shape index (κ2) is 5.41. The number of hydrogen-bond donors (Lipinski definition) is 0. The van der Waals surface area contributed by atoms with Crippen molar-refractivity contribution >= 4 is 23.2 Å². The number of nitrogens with zero attached hydrogens (tertiary/aromatic N) is 1. The van der Waals surface area contributed by atoms with Crippen LogP contribution in [-0.2, 0) is 4.79 Å². The summed E-state index contributed by atoms with van der Waals surface area (Å²) in [5.41, 5.74) is 0.922. The highest BCUT2D eigenvalue weighted by molar-refractivity contribution is 6.18. The van der Waals surface area contributed by atoms with Crippen molar-refractivity contribution < 1.29 is 9.53 Å². The van der Waals surface area contributed by atoms with Crippen LogP contribution < -0.4 is 9.64 Å². The highest BCUT2D eigenvalue weighted by atomic mass is 35.5. The van der Waals surface area contributed by atoms with Crippen LogP contribution in [0, 0.1) is 5.92 Å². The van der Waals surface area contributed by atoms with Gasteiger partial charge in [0.2, 0.25) is 5.91 Å². The number of halogens is 1. The number of ether oxygens (including phenoxy) is 1. The van der Waals surface area contributed by atoms with Crippen molar-refractivity contribution in [2.24, 2.45) is 5.92 Å². The third-order valence-corrected chi connectivity index (χ3v) is 3.32. The molecule has 17 heavy (non-hydrogen) atoms. The maximum Gasteiger partial charge on any atom is 0.227 e. The molecule has 4 heteroatoms. The summed E-state index contributed by atoms with van der Waals surface area (Å²) >= 11 is 5.79. The molecule has 0 aliphatic carbocycles. The predicted molar refractivity (Wildman–Crippen MR) is 68.8 cm³/mol. The number of carbonyl (C=O) groups excluding carboxylic acids is 1. The van der Waals surface area contributed by atoms with E-state index >= 15 is 0 Å². The third-order valence-electron chi connectivity index (χ3n) is 2.88. The van der Waals surface area contributed by atoms with Crippen molar-refractivity contribution in [2.45, 2.75) is 13.3 Å². The molecule has 1 unspecified atom stereocenters. The van der Waals surface area contributed by atoms with Crippen LogP contribution in [0.25, 0.3) is 0 Å². The van der Waals surface area contributed by atoms with E-state index in [1.807, 2.05) is 31.2 Å². The topological polar surface area (TPSA) is 29.5 Å². The number of hydrogen-bond acceptors (Lipinski definition) is 2. The first-order valence-corrected chi connectivity index (χ1v) is 6.37. The van der Waals surface area contributed by atoms with Gasteiger partial charge in [0.25, 0.3) is 0 Å². The summed E-state index contributed by atoms with van der Waals surface area (Å²) < 4.78 is 5.37. The van der Waals surface area contributed by atoms with E-state index in [4.69, 9.17) is 16.3 Å². The van der Waals surface area contributed by atoms with Crippen molar-refractivity contribution in [1.29, 1.82) is 0 Å². The first-order chi connectivity index (χ1) is 8.24. The van der Waals surface area contributed by atoms with Gasteiger partial charge in [-0.3, -0.25) is 4.79 Å². The number of alkyl halides is 1. The molecule has 0 spiro atoms. The Kier molecular flexibility index (Phi) is 3.89. The van der Waals surface area contributed by atoms with Gasteiger partial charge < -0.3 is 9.64 Å². The molecule has 0 bridgehead atoms. The van der Waals surface area contributed by atoms with Crippen molar-refractivity contribution in [3.8, 4) is 5.75 Å². The first kappa shape index (κ1) is 12.2. The van der Waals surface area contributed by atoms with Crippen molar-refractivity contribution in [3.63, 3.8) is 0 Å². The van der Waals surface area contributed by atoms with Crippen LogP contribution in [0.4, 0.5) is 5.69 Å². The van der Waals surface area contributed by atoms with Gasteiger partial charge in [-0.05, 0) is 37.1 Å². The number of rotatable bonds is 4. The maximum atomic E-state index is 11.8. The van der Waals surface area contributed by atoms with Crippen molar-refractivity contribution in [1.82, 2.24) is 0 Å². The fraction of sp³-hybridized carbons (Fsp3) is 0.462. The number of carbonyl (C=O) groups is 1. The molecule has 1 aliphatic heterocycles. The Morgan fingerprint density at radius 1 is 1.41 bits per heavy atom. The van der Waals surface area contributed by atoms with Crippen LogP contribution in [-0.4, -0.2) is 24.9 Å². The third kappa shape index (κ3) is 2.72. The lowest BCUT2D eigenvalue weighted by Crippen LogP contribution is -2.24. The first-order valence-electron chi connectivity index (χ1n) is 5.83.